The first-order chi connectivity index (χ1) is 9.24. The maximum atomic E-state index is 10.9. The highest BCUT2D eigenvalue weighted by atomic mass is 32.2. The number of fused-ring (bicyclic) bond motifs is 1. The molecule has 1 unspecified atom stereocenters. The van der Waals surface area contributed by atoms with Crippen molar-refractivity contribution >= 4 is 16.0 Å². The molecule has 1 heterocycles. The summed E-state index contributed by atoms with van der Waals surface area (Å²) in [7, 11) is -4.28. The van der Waals surface area contributed by atoms with E-state index < -0.39 is 22.0 Å². The lowest BCUT2D eigenvalue weighted by Gasteiger charge is -2.25. The molecule has 0 spiro atoms. The van der Waals surface area contributed by atoms with Crippen molar-refractivity contribution in [3.05, 3.63) is 23.8 Å². The highest BCUT2D eigenvalue weighted by molar-refractivity contribution is 7.87. The van der Waals surface area contributed by atoms with E-state index >= 15 is 0 Å². The van der Waals surface area contributed by atoms with Crippen LogP contribution in [0, 0.1) is 0 Å². The summed E-state index contributed by atoms with van der Waals surface area (Å²) in [5.41, 5.74) is 0.729. The molecule has 112 valence electrons. The SMILES string of the molecule is CCCOC1Oc2ccc(NS(=O)(=O)O)cc2C1(C)C. The molecule has 0 radical (unpaired) electrons. The Morgan fingerprint density at radius 1 is 1.45 bits per heavy atom. The summed E-state index contributed by atoms with van der Waals surface area (Å²) in [6.07, 6.45) is 0.486. The van der Waals surface area contributed by atoms with E-state index in [2.05, 4.69) is 0 Å². The van der Waals surface area contributed by atoms with E-state index in [1.165, 1.54) is 6.07 Å². The summed E-state index contributed by atoms with van der Waals surface area (Å²) in [4.78, 5) is 0. The second-order valence-electron chi connectivity index (χ2n) is 5.33. The molecule has 1 aliphatic rings. The third kappa shape index (κ3) is 3.05. The lowest BCUT2D eigenvalue weighted by atomic mass is 9.85. The highest BCUT2D eigenvalue weighted by Gasteiger charge is 2.42. The first-order valence-corrected chi connectivity index (χ1v) is 7.86. The molecular weight excluding hydrogens is 282 g/mol. The third-order valence-electron chi connectivity index (χ3n) is 3.22. The Labute approximate surface area is 119 Å². The van der Waals surface area contributed by atoms with Crippen molar-refractivity contribution in [3.8, 4) is 5.75 Å². The van der Waals surface area contributed by atoms with E-state index in [-0.39, 0.29) is 0 Å². The highest BCUT2D eigenvalue weighted by Crippen LogP contribution is 2.44. The molecule has 1 aromatic carbocycles. The molecule has 0 aromatic heterocycles. The molecule has 20 heavy (non-hydrogen) atoms. The van der Waals surface area contributed by atoms with Gasteiger partial charge in [0.15, 0.2) is 0 Å². The molecule has 0 aliphatic carbocycles. The fourth-order valence-electron chi connectivity index (χ4n) is 2.21. The summed E-state index contributed by atoms with van der Waals surface area (Å²) in [6.45, 7) is 6.55. The monoisotopic (exact) mass is 301 g/mol. The van der Waals surface area contributed by atoms with Crippen LogP contribution in [0.3, 0.4) is 0 Å². The van der Waals surface area contributed by atoms with Gasteiger partial charge in [-0.1, -0.05) is 6.92 Å². The van der Waals surface area contributed by atoms with E-state index in [0.717, 1.165) is 12.0 Å². The summed E-state index contributed by atoms with van der Waals surface area (Å²) in [5.74, 6) is 0.664. The lowest BCUT2D eigenvalue weighted by molar-refractivity contribution is -0.102. The van der Waals surface area contributed by atoms with Crippen molar-refractivity contribution in [2.45, 2.75) is 38.9 Å². The Kier molecular flexibility index (Phi) is 3.95. The largest absolute Gasteiger partial charge is 0.464 e. The quantitative estimate of drug-likeness (QED) is 0.815. The Hall–Kier alpha value is -1.31. The van der Waals surface area contributed by atoms with Gasteiger partial charge in [0.1, 0.15) is 5.75 Å². The van der Waals surface area contributed by atoms with Crippen LogP contribution in [0.2, 0.25) is 0 Å². The van der Waals surface area contributed by atoms with Gasteiger partial charge in [-0.25, -0.2) is 0 Å². The van der Waals surface area contributed by atoms with Crippen LogP contribution in [0.15, 0.2) is 18.2 Å². The van der Waals surface area contributed by atoms with Gasteiger partial charge in [-0.05, 0) is 38.5 Å². The Bertz CT molecular complexity index is 597. The van der Waals surface area contributed by atoms with E-state index in [9.17, 15) is 8.42 Å². The van der Waals surface area contributed by atoms with Crippen molar-refractivity contribution in [3.63, 3.8) is 0 Å². The van der Waals surface area contributed by atoms with Crippen LogP contribution in [0.5, 0.6) is 5.75 Å². The number of hydrogen-bond acceptors (Lipinski definition) is 4. The molecule has 0 saturated carbocycles. The Morgan fingerprint density at radius 3 is 2.75 bits per heavy atom. The Balaban J connectivity index is 2.28. The Morgan fingerprint density at radius 2 is 2.15 bits per heavy atom. The molecule has 0 bridgehead atoms. The predicted octanol–water partition coefficient (Wildman–Crippen LogP) is 2.32. The predicted molar refractivity (Wildman–Crippen MR) is 75.3 cm³/mol. The van der Waals surface area contributed by atoms with Crippen LogP contribution in [-0.2, 0) is 20.5 Å². The van der Waals surface area contributed by atoms with Crippen molar-refractivity contribution in [2.75, 3.05) is 11.3 Å². The number of nitrogens with one attached hydrogen (secondary N) is 1. The maximum absolute atomic E-state index is 10.9. The van der Waals surface area contributed by atoms with Gasteiger partial charge in [-0.15, -0.1) is 0 Å². The zero-order valence-electron chi connectivity index (χ0n) is 11.7. The average Bonchev–Trinajstić information content (AvgIpc) is 2.57. The fraction of sp³-hybridized carbons (Fsp3) is 0.538. The maximum Gasteiger partial charge on any atom is 0.357 e. The van der Waals surface area contributed by atoms with Crippen LogP contribution in [0.1, 0.15) is 32.8 Å². The first kappa shape index (κ1) is 15.1. The summed E-state index contributed by atoms with van der Waals surface area (Å²) >= 11 is 0. The van der Waals surface area contributed by atoms with E-state index in [0.29, 0.717) is 18.0 Å². The zero-order valence-corrected chi connectivity index (χ0v) is 12.5. The second-order valence-corrected chi connectivity index (χ2v) is 6.48. The number of rotatable bonds is 5. The van der Waals surface area contributed by atoms with Crippen LogP contribution >= 0.6 is 0 Å². The molecule has 7 heteroatoms. The average molecular weight is 301 g/mol. The fourth-order valence-corrected chi connectivity index (χ4v) is 2.63. The third-order valence-corrected chi connectivity index (χ3v) is 3.71. The van der Waals surface area contributed by atoms with E-state index in [4.69, 9.17) is 14.0 Å². The first-order valence-electron chi connectivity index (χ1n) is 6.42. The van der Waals surface area contributed by atoms with Gasteiger partial charge in [0, 0.05) is 5.56 Å². The molecule has 1 aliphatic heterocycles. The molecule has 0 saturated heterocycles. The van der Waals surface area contributed by atoms with Gasteiger partial charge in [-0.2, -0.15) is 8.42 Å². The smallest absolute Gasteiger partial charge is 0.357 e. The van der Waals surface area contributed by atoms with Gasteiger partial charge >= 0.3 is 10.3 Å². The molecule has 0 fully saturated rings. The van der Waals surface area contributed by atoms with Crippen LogP contribution in [0.4, 0.5) is 5.69 Å². The van der Waals surface area contributed by atoms with E-state index in [1.807, 2.05) is 25.5 Å². The second kappa shape index (κ2) is 5.23. The molecule has 1 atom stereocenters. The van der Waals surface area contributed by atoms with Crippen molar-refractivity contribution < 1.29 is 22.4 Å². The van der Waals surface area contributed by atoms with Crippen molar-refractivity contribution in [2.24, 2.45) is 0 Å². The standard InChI is InChI=1S/C13H19NO5S/c1-4-7-18-12-13(2,3)10-8-9(14-20(15,16)17)5-6-11(10)19-12/h5-6,8,12,14H,4,7H2,1-3H3,(H,15,16,17). The zero-order chi connectivity index (χ0) is 15.0. The minimum atomic E-state index is -4.28. The number of hydrogen-bond donors (Lipinski definition) is 2. The van der Waals surface area contributed by atoms with Gasteiger partial charge in [0.2, 0.25) is 6.29 Å². The topological polar surface area (TPSA) is 84.9 Å². The van der Waals surface area contributed by atoms with Gasteiger partial charge in [0.25, 0.3) is 0 Å². The minimum absolute atomic E-state index is 0.291. The minimum Gasteiger partial charge on any atom is -0.464 e. The molecule has 2 N–H and O–H groups in total. The number of anilines is 1. The van der Waals surface area contributed by atoms with Gasteiger partial charge < -0.3 is 9.47 Å². The van der Waals surface area contributed by atoms with Gasteiger partial charge in [-0.3, -0.25) is 9.27 Å². The van der Waals surface area contributed by atoms with Crippen molar-refractivity contribution in [1.82, 2.24) is 0 Å². The van der Waals surface area contributed by atoms with E-state index in [1.54, 1.807) is 12.1 Å². The summed E-state index contributed by atoms with van der Waals surface area (Å²) in [5, 5.41) is 0. The summed E-state index contributed by atoms with van der Waals surface area (Å²) < 4.78 is 44.0. The van der Waals surface area contributed by atoms with Crippen LogP contribution in [0.25, 0.3) is 0 Å². The number of benzene rings is 1. The summed E-state index contributed by atoms with van der Waals surface area (Å²) in [6, 6.07) is 4.85. The molecular formula is C13H19NO5S. The lowest BCUT2D eigenvalue weighted by Crippen LogP contribution is -2.35. The van der Waals surface area contributed by atoms with Gasteiger partial charge in [0.05, 0.1) is 17.7 Å². The number of ether oxygens (including phenoxy) is 2. The molecule has 0 amide bonds. The van der Waals surface area contributed by atoms with Crippen molar-refractivity contribution in [1.29, 1.82) is 0 Å². The molecule has 6 nitrogen and oxygen atoms in total. The van der Waals surface area contributed by atoms with Crippen LogP contribution in [-0.4, -0.2) is 25.9 Å². The normalized spacial score (nSPS) is 20.3. The molecule has 2 rings (SSSR count). The van der Waals surface area contributed by atoms with Crippen LogP contribution < -0.4 is 9.46 Å². The molecule has 1 aromatic rings.